The number of aryl methyl sites for hydroxylation is 1. The Morgan fingerprint density at radius 1 is 1.53 bits per heavy atom. The highest BCUT2D eigenvalue weighted by Crippen LogP contribution is 2.32. The van der Waals surface area contributed by atoms with Crippen LogP contribution in [0.4, 0.5) is 5.13 Å². The number of aromatic nitrogens is 2. The van der Waals surface area contributed by atoms with Gasteiger partial charge in [-0.15, -0.1) is 0 Å². The Balaban J connectivity index is 1.93. The highest BCUT2D eigenvalue weighted by molar-refractivity contribution is 7.99. The van der Waals surface area contributed by atoms with Crippen LogP contribution in [0.25, 0.3) is 0 Å². The predicted molar refractivity (Wildman–Crippen MR) is 67.8 cm³/mol. The van der Waals surface area contributed by atoms with Crippen molar-refractivity contribution in [3.63, 3.8) is 0 Å². The summed E-state index contributed by atoms with van der Waals surface area (Å²) in [4.78, 5) is 4.36. The summed E-state index contributed by atoms with van der Waals surface area (Å²) in [7, 11) is 0. The Hall–Kier alpha value is -0.290. The third-order valence-electron chi connectivity index (χ3n) is 2.67. The van der Waals surface area contributed by atoms with E-state index in [1.807, 2.05) is 6.92 Å². The molecule has 2 rings (SSSR count). The first-order chi connectivity index (χ1) is 7.29. The van der Waals surface area contributed by atoms with Gasteiger partial charge < -0.3 is 5.32 Å². The first-order valence-corrected chi connectivity index (χ1v) is 7.30. The molecule has 5 heteroatoms. The van der Waals surface area contributed by atoms with Gasteiger partial charge in [0.15, 0.2) is 0 Å². The maximum absolute atomic E-state index is 4.36. The zero-order valence-electron chi connectivity index (χ0n) is 9.19. The van der Waals surface area contributed by atoms with Crippen molar-refractivity contribution < 1.29 is 0 Å². The number of nitrogens with one attached hydrogen (secondary N) is 1. The second-order valence-corrected chi connectivity index (χ2v) is 6.09. The van der Waals surface area contributed by atoms with E-state index in [1.165, 1.54) is 36.5 Å². The lowest BCUT2D eigenvalue weighted by atomic mass is 10.2. The molecule has 0 aromatic carbocycles. The summed E-state index contributed by atoms with van der Waals surface area (Å²) in [5, 5.41) is 5.27. The van der Waals surface area contributed by atoms with Crippen LogP contribution in [0.5, 0.6) is 0 Å². The number of hydrogen-bond donors (Lipinski definition) is 1. The second kappa shape index (κ2) is 5.16. The van der Waals surface area contributed by atoms with Gasteiger partial charge in [0.25, 0.3) is 0 Å². The molecule has 0 radical (unpaired) electrons. The molecule has 0 bridgehead atoms. The summed E-state index contributed by atoms with van der Waals surface area (Å²) >= 11 is 3.54. The van der Waals surface area contributed by atoms with Crippen molar-refractivity contribution in [1.82, 2.24) is 9.36 Å². The van der Waals surface area contributed by atoms with Crippen molar-refractivity contribution >= 4 is 28.4 Å². The van der Waals surface area contributed by atoms with Gasteiger partial charge in [-0.05, 0) is 25.5 Å². The van der Waals surface area contributed by atoms with Gasteiger partial charge in [0.1, 0.15) is 5.82 Å². The molecule has 1 aliphatic carbocycles. The summed E-state index contributed by atoms with van der Waals surface area (Å²) in [6, 6.07) is 0.599. The molecule has 1 heterocycles. The van der Waals surface area contributed by atoms with Crippen LogP contribution in [-0.2, 0) is 0 Å². The number of anilines is 1. The Labute approximate surface area is 99.2 Å². The van der Waals surface area contributed by atoms with Gasteiger partial charge in [0.05, 0.1) is 0 Å². The van der Waals surface area contributed by atoms with E-state index < -0.39 is 0 Å². The fourth-order valence-electron chi connectivity index (χ4n) is 2.02. The molecule has 1 aromatic heterocycles. The van der Waals surface area contributed by atoms with E-state index in [2.05, 4.69) is 33.4 Å². The van der Waals surface area contributed by atoms with E-state index in [0.29, 0.717) is 6.04 Å². The monoisotopic (exact) mass is 243 g/mol. The quantitative estimate of drug-likeness (QED) is 0.882. The molecule has 1 N–H and O–H groups in total. The van der Waals surface area contributed by atoms with Gasteiger partial charge in [0.2, 0.25) is 5.13 Å². The van der Waals surface area contributed by atoms with Crippen molar-refractivity contribution in [1.29, 1.82) is 0 Å². The lowest BCUT2D eigenvalue weighted by molar-refractivity contribution is 0.766. The molecule has 15 heavy (non-hydrogen) atoms. The molecular formula is C10H17N3S2. The van der Waals surface area contributed by atoms with Crippen LogP contribution < -0.4 is 5.32 Å². The lowest BCUT2D eigenvalue weighted by Gasteiger charge is -2.19. The van der Waals surface area contributed by atoms with E-state index in [-0.39, 0.29) is 0 Å². The van der Waals surface area contributed by atoms with E-state index >= 15 is 0 Å². The molecule has 0 spiro atoms. The van der Waals surface area contributed by atoms with Gasteiger partial charge >= 0.3 is 0 Å². The average Bonchev–Trinajstić information content (AvgIpc) is 2.78. The van der Waals surface area contributed by atoms with Crippen molar-refractivity contribution in [2.24, 2.45) is 0 Å². The Morgan fingerprint density at radius 2 is 2.40 bits per heavy atom. The predicted octanol–water partition coefficient (Wildman–Crippen LogP) is 2.93. The zero-order valence-corrected chi connectivity index (χ0v) is 10.8. The van der Waals surface area contributed by atoms with Crippen molar-refractivity contribution in [2.75, 3.05) is 11.1 Å². The second-order valence-electron chi connectivity index (χ2n) is 3.82. The van der Waals surface area contributed by atoms with E-state index in [4.69, 9.17) is 0 Å². The zero-order chi connectivity index (χ0) is 10.7. The first kappa shape index (κ1) is 11.2. The lowest BCUT2D eigenvalue weighted by Crippen LogP contribution is -2.26. The van der Waals surface area contributed by atoms with Crippen LogP contribution in [0.15, 0.2) is 0 Å². The number of thioether (sulfide) groups is 1. The molecule has 0 unspecified atom stereocenters. The van der Waals surface area contributed by atoms with Gasteiger partial charge in [-0.3, -0.25) is 0 Å². The Morgan fingerprint density at radius 3 is 3.07 bits per heavy atom. The number of hydrogen-bond acceptors (Lipinski definition) is 5. The molecule has 1 aliphatic rings. The summed E-state index contributed by atoms with van der Waals surface area (Å²) < 4.78 is 4.19. The third kappa shape index (κ3) is 2.84. The smallest absolute Gasteiger partial charge is 0.202 e. The van der Waals surface area contributed by atoms with E-state index in [9.17, 15) is 0 Å². The molecule has 0 aliphatic heterocycles. The van der Waals surface area contributed by atoms with Gasteiger partial charge in [0, 0.05) is 22.8 Å². The average molecular weight is 243 g/mol. The molecule has 3 nitrogen and oxygen atoms in total. The molecule has 1 aromatic rings. The molecule has 84 valence electrons. The minimum Gasteiger partial charge on any atom is -0.356 e. The van der Waals surface area contributed by atoms with Crippen molar-refractivity contribution in [3.8, 4) is 0 Å². The minimum absolute atomic E-state index is 0.599. The summed E-state index contributed by atoms with van der Waals surface area (Å²) in [6.07, 6.45) is 3.96. The number of rotatable bonds is 4. The molecule has 0 saturated heterocycles. The molecule has 1 fully saturated rings. The Kier molecular flexibility index (Phi) is 3.86. The van der Waals surface area contributed by atoms with Crippen LogP contribution in [0.1, 0.15) is 32.0 Å². The normalized spacial score (nSPS) is 25.7. The van der Waals surface area contributed by atoms with E-state index in [0.717, 1.165) is 16.2 Å². The maximum atomic E-state index is 4.36. The SMILES string of the molecule is CCS[C@H]1CCC[C@@H]1Nc1nc(C)ns1. The molecule has 1 saturated carbocycles. The number of nitrogens with zero attached hydrogens (tertiary/aromatic N) is 2. The van der Waals surface area contributed by atoms with Crippen LogP contribution in [-0.4, -0.2) is 26.4 Å². The van der Waals surface area contributed by atoms with Gasteiger partial charge in [-0.1, -0.05) is 13.3 Å². The third-order valence-corrected chi connectivity index (χ3v) is 4.73. The molecular weight excluding hydrogens is 226 g/mol. The highest BCUT2D eigenvalue weighted by atomic mass is 32.2. The largest absolute Gasteiger partial charge is 0.356 e. The maximum Gasteiger partial charge on any atom is 0.202 e. The highest BCUT2D eigenvalue weighted by Gasteiger charge is 2.27. The van der Waals surface area contributed by atoms with Crippen LogP contribution in [0.2, 0.25) is 0 Å². The van der Waals surface area contributed by atoms with Gasteiger partial charge in [-0.2, -0.15) is 16.1 Å². The summed E-state index contributed by atoms with van der Waals surface area (Å²) in [5.41, 5.74) is 0. The van der Waals surface area contributed by atoms with Crippen molar-refractivity contribution in [2.45, 2.75) is 44.4 Å². The fourth-order valence-corrected chi connectivity index (χ4v) is 3.85. The van der Waals surface area contributed by atoms with Gasteiger partial charge in [-0.25, -0.2) is 4.98 Å². The van der Waals surface area contributed by atoms with Crippen LogP contribution >= 0.6 is 23.3 Å². The summed E-state index contributed by atoms with van der Waals surface area (Å²) in [5.74, 6) is 2.08. The fraction of sp³-hybridized carbons (Fsp3) is 0.800. The van der Waals surface area contributed by atoms with E-state index in [1.54, 1.807) is 0 Å². The topological polar surface area (TPSA) is 37.8 Å². The molecule has 0 amide bonds. The van der Waals surface area contributed by atoms with Crippen LogP contribution in [0, 0.1) is 6.92 Å². The van der Waals surface area contributed by atoms with Crippen LogP contribution in [0.3, 0.4) is 0 Å². The minimum atomic E-state index is 0.599. The molecule has 2 atom stereocenters. The summed E-state index contributed by atoms with van der Waals surface area (Å²) in [6.45, 7) is 4.17. The standard InChI is InChI=1S/C10H17N3S2/c1-3-14-9-6-4-5-8(9)12-10-11-7(2)13-15-10/h8-9H,3-6H2,1-2H3,(H,11,12,13)/t8-,9-/m0/s1. The first-order valence-electron chi connectivity index (χ1n) is 5.48. The Bertz CT molecular complexity index is 313. The van der Waals surface area contributed by atoms with Crippen molar-refractivity contribution in [3.05, 3.63) is 5.82 Å².